The molecule has 0 saturated heterocycles. The van der Waals surface area contributed by atoms with E-state index in [1.54, 1.807) is 0 Å². The van der Waals surface area contributed by atoms with Crippen LogP contribution in [0.4, 0.5) is 0 Å². The number of hydrogen-bond donors (Lipinski definition) is 1. The molecule has 1 heteroatoms. The van der Waals surface area contributed by atoms with Crippen LogP contribution in [0.25, 0.3) is 0 Å². The van der Waals surface area contributed by atoms with Gasteiger partial charge in [0.2, 0.25) is 0 Å². The molecule has 0 heterocycles. The normalized spacial score (nSPS) is 43.2. The summed E-state index contributed by atoms with van der Waals surface area (Å²) < 4.78 is 0. The number of allylic oxidation sites excluding steroid dienone is 2. The first-order valence-electron chi connectivity index (χ1n) is 6.45. The second-order valence-corrected chi connectivity index (χ2v) is 6.16. The second-order valence-electron chi connectivity index (χ2n) is 6.16. The van der Waals surface area contributed by atoms with Gasteiger partial charge in [-0.2, -0.15) is 0 Å². The third-order valence-electron chi connectivity index (χ3n) is 4.79. The van der Waals surface area contributed by atoms with E-state index >= 15 is 0 Å². The van der Waals surface area contributed by atoms with Crippen molar-refractivity contribution in [2.75, 3.05) is 0 Å². The summed E-state index contributed by atoms with van der Waals surface area (Å²) in [5, 5.41) is 10.2. The fourth-order valence-electron chi connectivity index (χ4n) is 4.01. The third-order valence-corrected chi connectivity index (χ3v) is 4.79. The van der Waals surface area contributed by atoms with Crippen molar-refractivity contribution in [2.45, 2.75) is 52.1 Å². The lowest BCUT2D eigenvalue weighted by atomic mass is 9.63. The van der Waals surface area contributed by atoms with Gasteiger partial charge in [0.05, 0.1) is 6.10 Å². The number of fused-ring (bicyclic) bond motifs is 1. The summed E-state index contributed by atoms with van der Waals surface area (Å²) in [5.74, 6) is 1.19. The van der Waals surface area contributed by atoms with Gasteiger partial charge in [-0.25, -0.2) is 0 Å². The molecular formula is C15H24O. The predicted molar refractivity (Wildman–Crippen MR) is 68.1 cm³/mol. The molecule has 0 aliphatic heterocycles. The van der Waals surface area contributed by atoms with Crippen molar-refractivity contribution in [2.24, 2.45) is 17.3 Å². The number of aliphatic hydroxyl groups is 1. The lowest BCUT2D eigenvalue weighted by molar-refractivity contribution is -0.0110. The minimum Gasteiger partial charge on any atom is -0.393 e. The number of aliphatic hydroxyl groups excluding tert-OH is 1. The van der Waals surface area contributed by atoms with Crippen LogP contribution < -0.4 is 0 Å². The molecule has 3 unspecified atom stereocenters. The molecule has 0 aromatic carbocycles. The van der Waals surface area contributed by atoms with Crippen LogP contribution in [-0.4, -0.2) is 11.2 Å². The molecule has 2 fully saturated rings. The van der Waals surface area contributed by atoms with Crippen LogP contribution in [0.3, 0.4) is 0 Å². The Bertz CT molecular complexity index is 317. The van der Waals surface area contributed by atoms with E-state index < -0.39 is 0 Å². The topological polar surface area (TPSA) is 20.2 Å². The molecule has 1 N–H and O–H groups in total. The highest BCUT2D eigenvalue weighted by Crippen LogP contribution is 2.57. The second kappa shape index (κ2) is 4.03. The summed E-state index contributed by atoms with van der Waals surface area (Å²) in [7, 11) is 0. The van der Waals surface area contributed by atoms with Crippen molar-refractivity contribution in [3.63, 3.8) is 0 Å². The average Bonchev–Trinajstić information content (AvgIpc) is 2.52. The molecule has 0 spiro atoms. The molecule has 2 aliphatic rings. The van der Waals surface area contributed by atoms with Gasteiger partial charge >= 0.3 is 0 Å². The van der Waals surface area contributed by atoms with Gasteiger partial charge in [-0.15, -0.1) is 6.58 Å². The maximum atomic E-state index is 10.2. The molecule has 2 aliphatic carbocycles. The van der Waals surface area contributed by atoms with Crippen molar-refractivity contribution in [3.8, 4) is 0 Å². The quantitative estimate of drug-likeness (QED) is 0.704. The van der Waals surface area contributed by atoms with Crippen molar-refractivity contribution >= 4 is 0 Å². The highest BCUT2D eigenvalue weighted by Gasteiger charge is 2.51. The Morgan fingerprint density at radius 2 is 2.19 bits per heavy atom. The maximum Gasteiger partial charge on any atom is 0.0602 e. The zero-order valence-corrected chi connectivity index (χ0v) is 10.6. The summed E-state index contributed by atoms with van der Waals surface area (Å²) in [6.07, 6.45) is 5.27. The Hall–Kier alpha value is -0.560. The van der Waals surface area contributed by atoms with Crippen LogP contribution in [0.15, 0.2) is 24.3 Å². The molecule has 2 rings (SSSR count). The molecule has 2 saturated carbocycles. The number of hydrogen-bond acceptors (Lipinski definition) is 1. The Morgan fingerprint density at radius 1 is 1.50 bits per heavy atom. The number of rotatable bonds is 2. The molecule has 0 aromatic rings. The molecule has 0 radical (unpaired) electrons. The fraction of sp³-hybridized carbons (Fsp3) is 0.733. The Morgan fingerprint density at radius 3 is 2.81 bits per heavy atom. The predicted octanol–water partition coefficient (Wildman–Crippen LogP) is 3.70. The molecule has 4 atom stereocenters. The SMILES string of the molecule is C=C(C)CC1CC[C@@]2(C)C(O)CCC(=C)C12. The van der Waals surface area contributed by atoms with Crippen LogP contribution >= 0.6 is 0 Å². The van der Waals surface area contributed by atoms with E-state index in [1.807, 2.05) is 0 Å². The van der Waals surface area contributed by atoms with E-state index in [4.69, 9.17) is 0 Å². The smallest absolute Gasteiger partial charge is 0.0602 e. The van der Waals surface area contributed by atoms with Gasteiger partial charge in [0, 0.05) is 5.41 Å². The fourth-order valence-corrected chi connectivity index (χ4v) is 4.01. The van der Waals surface area contributed by atoms with E-state index in [0.717, 1.165) is 25.7 Å². The molecule has 0 amide bonds. The molecule has 16 heavy (non-hydrogen) atoms. The van der Waals surface area contributed by atoms with Gasteiger partial charge < -0.3 is 5.11 Å². The van der Waals surface area contributed by atoms with Crippen molar-refractivity contribution < 1.29 is 5.11 Å². The van der Waals surface area contributed by atoms with Crippen molar-refractivity contribution in [3.05, 3.63) is 24.3 Å². The van der Waals surface area contributed by atoms with Gasteiger partial charge in [0.1, 0.15) is 0 Å². The Balaban J connectivity index is 2.23. The van der Waals surface area contributed by atoms with Gasteiger partial charge in [0.25, 0.3) is 0 Å². The molecule has 1 nitrogen and oxygen atoms in total. The minimum absolute atomic E-state index is 0.0927. The molecule has 90 valence electrons. The summed E-state index contributed by atoms with van der Waals surface area (Å²) in [4.78, 5) is 0. The van der Waals surface area contributed by atoms with E-state index in [2.05, 4.69) is 27.0 Å². The van der Waals surface area contributed by atoms with Crippen LogP contribution in [0.2, 0.25) is 0 Å². The maximum absolute atomic E-state index is 10.2. The van der Waals surface area contributed by atoms with Gasteiger partial charge in [-0.05, 0) is 50.9 Å². The van der Waals surface area contributed by atoms with Crippen molar-refractivity contribution in [1.29, 1.82) is 0 Å². The van der Waals surface area contributed by atoms with E-state index in [1.165, 1.54) is 17.6 Å². The van der Waals surface area contributed by atoms with Crippen LogP contribution in [0, 0.1) is 17.3 Å². The first kappa shape index (κ1) is 11.9. The minimum atomic E-state index is -0.127. The largest absolute Gasteiger partial charge is 0.393 e. The summed E-state index contributed by atoms with van der Waals surface area (Å²) in [6, 6.07) is 0. The highest BCUT2D eigenvalue weighted by molar-refractivity contribution is 5.18. The molecular weight excluding hydrogens is 196 g/mol. The standard InChI is InChI=1S/C15H24O/c1-10(2)9-12-7-8-15(4)13(16)6-5-11(3)14(12)15/h12-14,16H,1,3,5-9H2,2,4H3/t12?,13?,14?,15-/m0/s1. The first-order valence-corrected chi connectivity index (χ1v) is 6.45. The summed E-state index contributed by atoms with van der Waals surface area (Å²) in [5.41, 5.74) is 2.73. The third kappa shape index (κ3) is 1.75. The average molecular weight is 220 g/mol. The molecule has 0 aromatic heterocycles. The monoisotopic (exact) mass is 220 g/mol. The van der Waals surface area contributed by atoms with Gasteiger partial charge in [-0.3, -0.25) is 0 Å². The zero-order valence-electron chi connectivity index (χ0n) is 10.6. The Labute approximate surface area is 99.3 Å². The van der Waals surface area contributed by atoms with E-state index in [9.17, 15) is 5.11 Å². The van der Waals surface area contributed by atoms with Crippen LogP contribution in [0.5, 0.6) is 0 Å². The van der Waals surface area contributed by atoms with Gasteiger partial charge in [0.15, 0.2) is 0 Å². The lowest BCUT2D eigenvalue weighted by Crippen LogP contribution is -2.41. The van der Waals surface area contributed by atoms with E-state index in [-0.39, 0.29) is 11.5 Å². The summed E-state index contributed by atoms with van der Waals surface area (Å²) in [6.45, 7) is 12.6. The molecule has 0 bridgehead atoms. The lowest BCUT2D eigenvalue weighted by Gasteiger charge is -2.44. The first-order chi connectivity index (χ1) is 7.45. The summed E-state index contributed by atoms with van der Waals surface area (Å²) >= 11 is 0. The zero-order chi connectivity index (χ0) is 11.9. The highest BCUT2D eigenvalue weighted by atomic mass is 16.3. The van der Waals surface area contributed by atoms with Crippen molar-refractivity contribution in [1.82, 2.24) is 0 Å². The van der Waals surface area contributed by atoms with Gasteiger partial charge in [-0.1, -0.05) is 24.6 Å². The van der Waals surface area contributed by atoms with E-state index in [0.29, 0.717) is 11.8 Å². The Kier molecular flexibility index (Phi) is 3.00. The van der Waals surface area contributed by atoms with Crippen LogP contribution in [-0.2, 0) is 0 Å². The van der Waals surface area contributed by atoms with Crippen LogP contribution in [0.1, 0.15) is 46.0 Å².